The number of aromatic hydroxyl groups is 1. The van der Waals surface area contributed by atoms with Crippen LogP contribution in [0, 0.1) is 13.8 Å². The molecule has 1 amide bonds. The average molecular weight is 398 g/mol. The molecular weight excluding hydrogens is 376 g/mol. The molecule has 0 unspecified atom stereocenters. The monoisotopic (exact) mass is 398 g/mol. The maximum absolute atomic E-state index is 12.4. The molecule has 0 radical (unpaired) electrons. The molecule has 4 aromatic rings. The molecule has 0 aliphatic heterocycles. The van der Waals surface area contributed by atoms with Crippen LogP contribution in [0.2, 0.25) is 0 Å². The van der Waals surface area contributed by atoms with Gasteiger partial charge in [-0.1, -0.05) is 42.5 Å². The fraction of sp³-hybridized carbons (Fsp3) is 0.125. The number of phenolic OH excluding ortho intramolecular Hbond substituents is 1. The number of nitrogens with zero attached hydrogens (tertiary/aromatic N) is 3. The van der Waals surface area contributed by atoms with Crippen LogP contribution >= 0.6 is 0 Å². The number of benzene rings is 3. The van der Waals surface area contributed by atoms with Crippen LogP contribution in [0.15, 0.2) is 71.8 Å². The summed E-state index contributed by atoms with van der Waals surface area (Å²) in [5, 5.41) is 20.5. The Morgan fingerprint density at radius 3 is 2.60 bits per heavy atom. The zero-order valence-corrected chi connectivity index (χ0v) is 16.8. The van der Waals surface area contributed by atoms with E-state index in [1.807, 2.05) is 67.1 Å². The van der Waals surface area contributed by atoms with Crippen molar-refractivity contribution >= 4 is 22.9 Å². The Bertz CT molecular complexity index is 1240. The zero-order valence-electron chi connectivity index (χ0n) is 16.8. The van der Waals surface area contributed by atoms with Crippen LogP contribution in [0.4, 0.5) is 0 Å². The molecule has 30 heavy (non-hydrogen) atoms. The van der Waals surface area contributed by atoms with E-state index in [9.17, 15) is 9.90 Å². The molecule has 6 nitrogen and oxygen atoms in total. The van der Waals surface area contributed by atoms with Crippen molar-refractivity contribution in [1.29, 1.82) is 0 Å². The highest BCUT2D eigenvalue weighted by atomic mass is 16.3. The van der Waals surface area contributed by atoms with Gasteiger partial charge in [-0.2, -0.15) is 10.2 Å². The molecule has 2 N–H and O–H groups in total. The predicted molar refractivity (Wildman–Crippen MR) is 118 cm³/mol. The second kappa shape index (κ2) is 8.21. The minimum absolute atomic E-state index is 0.111. The molecule has 3 aromatic carbocycles. The maximum Gasteiger partial charge on any atom is 0.271 e. The van der Waals surface area contributed by atoms with Crippen molar-refractivity contribution in [1.82, 2.24) is 15.2 Å². The molecule has 1 heterocycles. The topological polar surface area (TPSA) is 79.5 Å². The van der Waals surface area contributed by atoms with Crippen molar-refractivity contribution in [2.45, 2.75) is 20.4 Å². The second-order valence-electron chi connectivity index (χ2n) is 7.20. The first kappa shape index (κ1) is 19.4. The molecule has 0 aliphatic rings. The van der Waals surface area contributed by atoms with Gasteiger partial charge in [0, 0.05) is 16.8 Å². The lowest BCUT2D eigenvalue weighted by Crippen LogP contribution is -2.17. The summed E-state index contributed by atoms with van der Waals surface area (Å²) < 4.78 is 1.94. The Morgan fingerprint density at radius 2 is 1.87 bits per heavy atom. The molecular formula is C24H22N4O2. The largest absolute Gasteiger partial charge is 0.507 e. The predicted octanol–water partition coefficient (Wildman–Crippen LogP) is 4.17. The van der Waals surface area contributed by atoms with Gasteiger partial charge in [-0.15, -0.1) is 0 Å². The van der Waals surface area contributed by atoms with Crippen LogP contribution in [0.25, 0.3) is 10.8 Å². The normalized spacial score (nSPS) is 11.3. The lowest BCUT2D eigenvalue weighted by molar-refractivity contribution is 0.0955. The first-order valence-electron chi connectivity index (χ1n) is 9.65. The SMILES string of the molecule is Cc1cc(C)n(Cc2ccc(C(=O)N/N=C/c3c(O)ccc4ccccc34)cc2)n1. The Balaban J connectivity index is 1.44. The highest BCUT2D eigenvalue weighted by Gasteiger charge is 2.07. The summed E-state index contributed by atoms with van der Waals surface area (Å²) in [5.41, 5.74) is 6.73. The summed E-state index contributed by atoms with van der Waals surface area (Å²) >= 11 is 0. The molecule has 0 saturated heterocycles. The highest BCUT2D eigenvalue weighted by Crippen LogP contribution is 2.25. The van der Waals surface area contributed by atoms with E-state index < -0.39 is 0 Å². The lowest BCUT2D eigenvalue weighted by atomic mass is 10.0. The number of phenols is 1. The average Bonchev–Trinajstić information content (AvgIpc) is 3.06. The quantitative estimate of drug-likeness (QED) is 0.391. The summed E-state index contributed by atoms with van der Waals surface area (Å²) in [4.78, 5) is 12.4. The minimum Gasteiger partial charge on any atom is -0.507 e. The van der Waals surface area contributed by atoms with Gasteiger partial charge < -0.3 is 5.11 Å². The van der Waals surface area contributed by atoms with Crippen LogP contribution in [0.5, 0.6) is 5.75 Å². The molecule has 0 saturated carbocycles. The summed E-state index contributed by atoms with van der Waals surface area (Å²) in [7, 11) is 0. The fourth-order valence-electron chi connectivity index (χ4n) is 3.41. The summed E-state index contributed by atoms with van der Waals surface area (Å²) in [6, 6.07) is 20.5. The van der Waals surface area contributed by atoms with E-state index in [0.717, 1.165) is 27.7 Å². The molecule has 4 rings (SSSR count). The number of carbonyl (C=O) groups excluding carboxylic acids is 1. The van der Waals surface area contributed by atoms with Gasteiger partial charge in [0.2, 0.25) is 0 Å². The third kappa shape index (κ3) is 4.07. The van der Waals surface area contributed by atoms with E-state index in [4.69, 9.17) is 0 Å². The lowest BCUT2D eigenvalue weighted by Gasteiger charge is -2.06. The van der Waals surface area contributed by atoms with E-state index in [-0.39, 0.29) is 11.7 Å². The Hall–Kier alpha value is -3.93. The third-order valence-corrected chi connectivity index (χ3v) is 4.96. The van der Waals surface area contributed by atoms with Crippen LogP contribution in [0.1, 0.15) is 32.9 Å². The van der Waals surface area contributed by atoms with E-state index in [1.165, 1.54) is 6.21 Å². The smallest absolute Gasteiger partial charge is 0.271 e. The number of rotatable bonds is 5. The highest BCUT2D eigenvalue weighted by molar-refractivity contribution is 6.03. The number of hydrogen-bond donors (Lipinski definition) is 2. The van der Waals surface area contributed by atoms with Gasteiger partial charge in [0.25, 0.3) is 5.91 Å². The van der Waals surface area contributed by atoms with Gasteiger partial charge >= 0.3 is 0 Å². The minimum atomic E-state index is -0.316. The van der Waals surface area contributed by atoms with Gasteiger partial charge in [0.1, 0.15) is 5.75 Å². The second-order valence-corrected chi connectivity index (χ2v) is 7.20. The van der Waals surface area contributed by atoms with Crippen LogP contribution in [-0.2, 0) is 6.54 Å². The van der Waals surface area contributed by atoms with E-state index in [1.54, 1.807) is 18.2 Å². The van der Waals surface area contributed by atoms with Crippen molar-refractivity contribution in [2.75, 3.05) is 0 Å². The van der Waals surface area contributed by atoms with Crippen LogP contribution in [0.3, 0.4) is 0 Å². The zero-order chi connectivity index (χ0) is 21.1. The van der Waals surface area contributed by atoms with Gasteiger partial charge in [0.05, 0.1) is 18.5 Å². The van der Waals surface area contributed by atoms with Crippen molar-refractivity contribution in [3.63, 3.8) is 0 Å². The standard InChI is InChI=1S/C24H22N4O2/c1-16-13-17(2)28(27-16)15-18-7-9-20(10-8-18)24(30)26-25-14-22-21-6-4-3-5-19(21)11-12-23(22)29/h3-14,29H,15H2,1-2H3,(H,26,30)/b25-14+. The van der Waals surface area contributed by atoms with Crippen molar-refractivity contribution in [3.8, 4) is 5.75 Å². The first-order valence-corrected chi connectivity index (χ1v) is 9.65. The molecule has 0 spiro atoms. The van der Waals surface area contributed by atoms with E-state index in [0.29, 0.717) is 17.7 Å². The fourth-order valence-corrected chi connectivity index (χ4v) is 3.41. The third-order valence-electron chi connectivity index (χ3n) is 4.96. The number of hydrazone groups is 1. The number of hydrogen-bond acceptors (Lipinski definition) is 4. The Labute approximate surface area is 174 Å². The van der Waals surface area contributed by atoms with Gasteiger partial charge in [0.15, 0.2) is 0 Å². The van der Waals surface area contributed by atoms with Crippen molar-refractivity contribution in [2.24, 2.45) is 5.10 Å². The van der Waals surface area contributed by atoms with Crippen LogP contribution in [-0.4, -0.2) is 27.0 Å². The molecule has 6 heteroatoms. The molecule has 0 bridgehead atoms. The number of amides is 1. The molecule has 0 aliphatic carbocycles. The van der Waals surface area contributed by atoms with E-state index in [2.05, 4.69) is 15.6 Å². The van der Waals surface area contributed by atoms with Crippen molar-refractivity contribution < 1.29 is 9.90 Å². The van der Waals surface area contributed by atoms with E-state index >= 15 is 0 Å². The van der Waals surface area contributed by atoms with Crippen molar-refractivity contribution in [3.05, 3.63) is 94.8 Å². The molecule has 0 fully saturated rings. The first-order chi connectivity index (χ1) is 14.5. The molecule has 0 atom stereocenters. The maximum atomic E-state index is 12.4. The van der Waals surface area contributed by atoms with Gasteiger partial charge in [-0.25, -0.2) is 5.43 Å². The number of carbonyl (C=O) groups is 1. The number of fused-ring (bicyclic) bond motifs is 1. The Kier molecular flexibility index (Phi) is 5.30. The number of nitrogens with one attached hydrogen (secondary N) is 1. The molecule has 1 aromatic heterocycles. The van der Waals surface area contributed by atoms with Gasteiger partial charge in [-0.05, 0) is 54.4 Å². The molecule has 150 valence electrons. The Morgan fingerprint density at radius 1 is 1.10 bits per heavy atom. The van der Waals surface area contributed by atoms with Crippen LogP contribution < -0.4 is 5.43 Å². The summed E-state index contributed by atoms with van der Waals surface area (Å²) in [6.07, 6.45) is 1.47. The van der Waals surface area contributed by atoms with Gasteiger partial charge in [-0.3, -0.25) is 9.48 Å². The number of aryl methyl sites for hydroxylation is 2. The summed E-state index contributed by atoms with van der Waals surface area (Å²) in [5.74, 6) is -0.205. The summed E-state index contributed by atoms with van der Waals surface area (Å²) in [6.45, 7) is 4.64. The number of aromatic nitrogens is 2.